The van der Waals surface area contributed by atoms with Crippen molar-refractivity contribution in [2.75, 3.05) is 19.8 Å². The molecule has 20 atom stereocenters. The molecule has 4 saturated carbocycles. The van der Waals surface area contributed by atoms with Crippen LogP contribution in [-0.2, 0) is 18.9 Å². The molecule has 6 rings (SSSR count). The molecule has 0 bridgehead atoms. The molecule has 0 amide bonds. The highest BCUT2D eigenvalue weighted by molar-refractivity contribution is 5.13. The first-order chi connectivity index (χ1) is 25.1. The van der Waals surface area contributed by atoms with Crippen LogP contribution in [0.4, 0.5) is 0 Å². The highest BCUT2D eigenvalue weighted by Gasteiger charge is 2.64. The lowest BCUT2D eigenvalue weighted by molar-refractivity contribution is -0.373. The molecule has 0 spiro atoms. The molecule has 9 N–H and O–H groups in total. The standard InChI is InChI=1S/C40H68O13/c1-19(2)20(3)6-7-21(4)30-27(44)15-26-24-9-8-22-14-23(10-12-39(22,5)25(24)11-13-40(26,30)18-43)50-38-36(34(48)32(46)29(17-42)52-38)53-37-35(49)33(47)31(45)28(16-41)51-37/h19,21-38,41-49H,3,6-18H2,1-2,4-5H3. The molecule has 6 fully saturated rings. The molecule has 13 heteroatoms. The first-order valence-electron chi connectivity index (χ1n) is 20.3. The van der Waals surface area contributed by atoms with E-state index < -0.39 is 80.7 Å². The van der Waals surface area contributed by atoms with Crippen LogP contribution in [0.5, 0.6) is 0 Å². The summed E-state index contributed by atoms with van der Waals surface area (Å²) in [6.45, 7) is 12.1. The van der Waals surface area contributed by atoms with Crippen LogP contribution in [-0.4, -0.2) is 139 Å². The van der Waals surface area contributed by atoms with Crippen molar-refractivity contribution in [3.05, 3.63) is 12.2 Å². The lowest BCUT2D eigenvalue weighted by Gasteiger charge is -2.61. The summed E-state index contributed by atoms with van der Waals surface area (Å²) in [6.07, 6.45) is -6.67. The van der Waals surface area contributed by atoms with Crippen LogP contribution in [0.15, 0.2) is 12.2 Å². The van der Waals surface area contributed by atoms with Gasteiger partial charge in [-0.05, 0) is 111 Å². The summed E-state index contributed by atoms with van der Waals surface area (Å²) in [5.74, 6) is 2.27. The first kappa shape index (κ1) is 41.8. The molecule has 2 saturated heterocycles. The number of hydrogen-bond donors (Lipinski definition) is 9. The van der Waals surface area contributed by atoms with E-state index in [1.54, 1.807) is 0 Å². The zero-order valence-electron chi connectivity index (χ0n) is 32.0. The van der Waals surface area contributed by atoms with Crippen molar-refractivity contribution in [3.63, 3.8) is 0 Å². The predicted molar refractivity (Wildman–Crippen MR) is 192 cm³/mol. The van der Waals surface area contributed by atoms with E-state index in [1.165, 1.54) is 5.57 Å². The molecule has 2 heterocycles. The highest BCUT2D eigenvalue weighted by atomic mass is 16.8. The molecule has 4 aliphatic carbocycles. The highest BCUT2D eigenvalue weighted by Crippen LogP contribution is 2.68. The second-order valence-electron chi connectivity index (χ2n) is 18.3. The Kier molecular flexibility index (Phi) is 13.1. The van der Waals surface area contributed by atoms with Gasteiger partial charge in [0.15, 0.2) is 12.6 Å². The molecule has 20 unspecified atom stereocenters. The topological polar surface area (TPSA) is 219 Å². The van der Waals surface area contributed by atoms with Gasteiger partial charge in [-0.1, -0.05) is 39.8 Å². The summed E-state index contributed by atoms with van der Waals surface area (Å²) < 4.78 is 23.9. The second-order valence-corrected chi connectivity index (χ2v) is 18.3. The average Bonchev–Trinajstić information content (AvgIpc) is 3.45. The zero-order chi connectivity index (χ0) is 38.6. The van der Waals surface area contributed by atoms with Crippen LogP contribution >= 0.6 is 0 Å². The molecular formula is C40H68O13. The van der Waals surface area contributed by atoms with Gasteiger partial charge in [-0.2, -0.15) is 0 Å². The summed E-state index contributed by atoms with van der Waals surface area (Å²) >= 11 is 0. The van der Waals surface area contributed by atoms with Crippen molar-refractivity contribution < 1.29 is 64.9 Å². The molecule has 0 aromatic rings. The van der Waals surface area contributed by atoms with E-state index in [0.717, 1.165) is 57.8 Å². The Bertz CT molecular complexity index is 1230. The van der Waals surface area contributed by atoms with Crippen LogP contribution in [0.2, 0.25) is 0 Å². The number of fused-ring (bicyclic) bond motifs is 5. The van der Waals surface area contributed by atoms with Gasteiger partial charge in [0.05, 0.1) is 25.4 Å². The van der Waals surface area contributed by atoms with Crippen molar-refractivity contribution in [3.8, 4) is 0 Å². The van der Waals surface area contributed by atoms with E-state index in [2.05, 4.69) is 34.3 Å². The number of allylic oxidation sites excluding steroid dienone is 1. The lowest BCUT2D eigenvalue weighted by atomic mass is 9.44. The molecule has 0 aromatic carbocycles. The largest absolute Gasteiger partial charge is 0.396 e. The summed E-state index contributed by atoms with van der Waals surface area (Å²) in [5.41, 5.74) is 1.00. The van der Waals surface area contributed by atoms with Gasteiger partial charge >= 0.3 is 0 Å². The van der Waals surface area contributed by atoms with E-state index >= 15 is 0 Å². The second kappa shape index (κ2) is 16.6. The normalized spacial score (nSPS) is 50.6. The van der Waals surface area contributed by atoms with Crippen LogP contribution in [0.1, 0.15) is 91.9 Å². The fourth-order valence-corrected chi connectivity index (χ4v) is 12.2. The third kappa shape index (κ3) is 7.55. The molecule has 13 nitrogen and oxygen atoms in total. The Morgan fingerprint density at radius 3 is 2.06 bits per heavy atom. The Morgan fingerprint density at radius 2 is 1.42 bits per heavy atom. The van der Waals surface area contributed by atoms with Crippen molar-refractivity contribution in [2.24, 2.45) is 52.3 Å². The number of ether oxygens (including phenoxy) is 4. The van der Waals surface area contributed by atoms with Gasteiger partial charge in [0.25, 0.3) is 0 Å². The first-order valence-corrected chi connectivity index (χ1v) is 20.3. The maximum atomic E-state index is 11.6. The van der Waals surface area contributed by atoms with E-state index in [0.29, 0.717) is 30.1 Å². The number of aliphatic hydroxyl groups is 9. The lowest BCUT2D eigenvalue weighted by Crippen LogP contribution is -2.65. The maximum Gasteiger partial charge on any atom is 0.187 e. The number of rotatable bonds is 12. The molecule has 0 radical (unpaired) electrons. The van der Waals surface area contributed by atoms with E-state index in [1.807, 2.05) is 0 Å². The van der Waals surface area contributed by atoms with Crippen molar-refractivity contribution in [2.45, 2.75) is 166 Å². The zero-order valence-corrected chi connectivity index (χ0v) is 32.0. The molecule has 0 aromatic heterocycles. The predicted octanol–water partition coefficient (Wildman–Crippen LogP) is 1.23. The Hall–Kier alpha value is -0.780. The summed E-state index contributed by atoms with van der Waals surface area (Å²) in [4.78, 5) is 0. The summed E-state index contributed by atoms with van der Waals surface area (Å²) in [7, 11) is 0. The van der Waals surface area contributed by atoms with E-state index in [4.69, 9.17) is 18.9 Å². The Morgan fingerprint density at radius 1 is 0.755 bits per heavy atom. The summed E-state index contributed by atoms with van der Waals surface area (Å²) in [6, 6.07) is 0. The third-order valence-electron chi connectivity index (χ3n) is 15.4. The molecule has 306 valence electrons. The fraction of sp³-hybridized carbons (Fsp3) is 0.950. The fourth-order valence-electron chi connectivity index (χ4n) is 12.2. The molecular weight excluding hydrogens is 688 g/mol. The monoisotopic (exact) mass is 756 g/mol. The van der Waals surface area contributed by atoms with Gasteiger partial charge in [-0.15, -0.1) is 0 Å². The minimum absolute atomic E-state index is 0.0387. The van der Waals surface area contributed by atoms with E-state index in [-0.39, 0.29) is 41.3 Å². The van der Waals surface area contributed by atoms with Gasteiger partial charge in [-0.3, -0.25) is 0 Å². The van der Waals surface area contributed by atoms with Crippen molar-refractivity contribution >= 4 is 0 Å². The van der Waals surface area contributed by atoms with Gasteiger partial charge < -0.3 is 64.9 Å². The van der Waals surface area contributed by atoms with Crippen LogP contribution in [0, 0.1) is 52.3 Å². The Balaban J connectivity index is 1.14. The van der Waals surface area contributed by atoms with Crippen LogP contribution in [0.25, 0.3) is 0 Å². The molecule has 6 aliphatic rings. The number of aliphatic hydroxyl groups excluding tert-OH is 9. The molecule has 53 heavy (non-hydrogen) atoms. The van der Waals surface area contributed by atoms with Gasteiger partial charge in [-0.25, -0.2) is 0 Å². The quantitative estimate of drug-likeness (QED) is 0.101. The Labute approximate surface area is 314 Å². The van der Waals surface area contributed by atoms with E-state index in [9.17, 15) is 46.0 Å². The maximum absolute atomic E-state index is 11.6. The summed E-state index contributed by atoms with van der Waals surface area (Å²) in [5, 5.41) is 95.3. The smallest absolute Gasteiger partial charge is 0.187 e. The van der Waals surface area contributed by atoms with Crippen LogP contribution < -0.4 is 0 Å². The molecule has 2 aliphatic heterocycles. The van der Waals surface area contributed by atoms with Gasteiger partial charge in [0.1, 0.15) is 48.8 Å². The minimum Gasteiger partial charge on any atom is -0.396 e. The third-order valence-corrected chi connectivity index (χ3v) is 15.4. The van der Waals surface area contributed by atoms with Gasteiger partial charge in [0, 0.05) is 12.0 Å². The SMILES string of the molecule is C=C(CCC(C)C1C(O)CC2C3CCC4CC(OC5OC(CO)C(O)C(O)C5OC5OC(CO)C(O)C(O)C5O)CCC4(C)C3CCC21CO)C(C)C. The van der Waals surface area contributed by atoms with Crippen LogP contribution in [0.3, 0.4) is 0 Å². The van der Waals surface area contributed by atoms with Crippen molar-refractivity contribution in [1.29, 1.82) is 0 Å². The average molecular weight is 757 g/mol. The van der Waals surface area contributed by atoms with Crippen molar-refractivity contribution in [1.82, 2.24) is 0 Å². The minimum atomic E-state index is -1.73. The van der Waals surface area contributed by atoms with Gasteiger partial charge in [0.2, 0.25) is 0 Å². The number of hydrogen-bond acceptors (Lipinski definition) is 13.